The Kier molecular flexibility index (Phi) is 4.68. The summed E-state index contributed by atoms with van der Waals surface area (Å²) in [4.78, 5) is 31.1. The Bertz CT molecular complexity index is 834. The summed E-state index contributed by atoms with van der Waals surface area (Å²) in [7, 11) is 0. The summed E-state index contributed by atoms with van der Waals surface area (Å²) in [5.74, 6) is 0.301. The van der Waals surface area contributed by atoms with Gasteiger partial charge in [0.2, 0.25) is 11.8 Å². The quantitative estimate of drug-likeness (QED) is 0.888. The summed E-state index contributed by atoms with van der Waals surface area (Å²) in [6.45, 7) is 4.03. The molecule has 140 valence electrons. The van der Waals surface area contributed by atoms with Gasteiger partial charge in [0.15, 0.2) is 0 Å². The second kappa shape index (κ2) is 7.14. The number of carbonyl (C=O) groups is 2. The molecule has 2 aromatic rings. The van der Waals surface area contributed by atoms with Crippen LogP contribution in [0.25, 0.3) is 0 Å². The lowest BCUT2D eigenvalue weighted by Gasteiger charge is -2.17. The van der Waals surface area contributed by atoms with Gasteiger partial charge in [-0.2, -0.15) is 0 Å². The highest BCUT2D eigenvalue weighted by Crippen LogP contribution is 2.58. The minimum absolute atomic E-state index is 0.00194. The molecule has 2 fully saturated rings. The summed E-state index contributed by atoms with van der Waals surface area (Å²) in [6, 6.07) is 11.9. The third-order valence-corrected chi connectivity index (χ3v) is 5.91. The number of aryl methyl sites for hydroxylation is 1. The van der Waals surface area contributed by atoms with E-state index in [2.05, 4.69) is 10.3 Å². The molecule has 27 heavy (non-hydrogen) atoms. The van der Waals surface area contributed by atoms with Crippen molar-refractivity contribution in [3.05, 3.63) is 65.5 Å². The first-order valence-corrected chi connectivity index (χ1v) is 9.56. The van der Waals surface area contributed by atoms with Crippen LogP contribution in [0.4, 0.5) is 0 Å². The Morgan fingerprint density at radius 3 is 2.78 bits per heavy atom. The standard InChI is InChI=1S/C22H25N3O2/c1-16-4-6-17(7-5-16)11-20(26)25-10-8-22(15-25)12-19(22)21(27)24-14-18-3-2-9-23-13-18/h2-7,9,13,19H,8,10-12,14-15H2,1H3,(H,24,27). The minimum Gasteiger partial charge on any atom is -0.352 e. The van der Waals surface area contributed by atoms with E-state index < -0.39 is 0 Å². The maximum Gasteiger partial charge on any atom is 0.227 e. The maximum absolute atomic E-state index is 12.6. The second-order valence-electron chi connectivity index (χ2n) is 7.93. The number of carbonyl (C=O) groups excluding carboxylic acids is 2. The fourth-order valence-electron chi connectivity index (χ4n) is 4.09. The Hall–Kier alpha value is -2.69. The highest BCUT2D eigenvalue weighted by Gasteiger charge is 2.61. The Morgan fingerprint density at radius 2 is 2.04 bits per heavy atom. The maximum atomic E-state index is 12.6. The van der Waals surface area contributed by atoms with Crippen molar-refractivity contribution in [2.75, 3.05) is 13.1 Å². The number of hydrogen-bond acceptors (Lipinski definition) is 3. The van der Waals surface area contributed by atoms with Crippen LogP contribution >= 0.6 is 0 Å². The molecule has 2 unspecified atom stereocenters. The van der Waals surface area contributed by atoms with Crippen molar-refractivity contribution in [3.63, 3.8) is 0 Å². The van der Waals surface area contributed by atoms with Gasteiger partial charge in [-0.05, 0) is 37.0 Å². The van der Waals surface area contributed by atoms with E-state index in [1.807, 2.05) is 48.2 Å². The van der Waals surface area contributed by atoms with Gasteiger partial charge < -0.3 is 10.2 Å². The van der Waals surface area contributed by atoms with E-state index in [0.29, 0.717) is 19.5 Å². The van der Waals surface area contributed by atoms with Gasteiger partial charge in [0.05, 0.1) is 6.42 Å². The normalized spacial score (nSPS) is 23.4. The van der Waals surface area contributed by atoms with E-state index in [9.17, 15) is 9.59 Å². The van der Waals surface area contributed by atoms with Crippen molar-refractivity contribution < 1.29 is 9.59 Å². The zero-order chi connectivity index (χ0) is 18.9. The van der Waals surface area contributed by atoms with Crippen molar-refractivity contribution >= 4 is 11.8 Å². The van der Waals surface area contributed by atoms with Crippen molar-refractivity contribution in [3.8, 4) is 0 Å². The van der Waals surface area contributed by atoms with Crippen LogP contribution in [-0.4, -0.2) is 34.8 Å². The summed E-state index contributed by atoms with van der Waals surface area (Å²) >= 11 is 0. The molecule has 2 heterocycles. The van der Waals surface area contributed by atoms with E-state index >= 15 is 0 Å². The van der Waals surface area contributed by atoms with Crippen molar-refractivity contribution in [1.29, 1.82) is 0 Å². The Balaban J connectivity index is 1.28. The average molecular weight is 363 g/mol. The smallest absolute Gasteiger partial charge is 0.227 e. The highest BCUT2D eigenvalue weighted by atomic mass is 16.2. The zero-order valence-corrected chi connectivity index (χ0v) is 15.6. The fraction of sp³-hybridized carbons (Fsp3) is 0.409. The van der Waals surface area contributed by atoms with Crippen LogP contribution in [0.1, 0.15) is 29.5 Å². The first kappa shape index (κ1) is 17.7. The molecule has 1 aliphatic carbocycles. The van der Waals surface area contributed by atoms with E-state index in [1.54, 1.807) is 12.4 Å². The predicted molar refractivity (Wildman–Crippen MR) is 103 cm³/mol. The molecule has 5 nitrogen and oxygen atoms in total. The minimum atomic E-state index is 0.00194. The Morgan fingerprint density at radius 1 is 1.22 bits per heavy atom. The molecule has 1 spiro atoms. The molecule has 1 saturated heterocycles. The van der Waals surface area contributed by atoms with E-state index in [0.717, 1.165) is 30.5 Å². The summed E-state index contributed by atoms with van der Waals surface area (Å²) in [6.07, 6.45) is 5.75. The molecule has 1 aromatic carbocycles. The lowest BCUT2D eigenvalue weighted by Crippen LogP contribution is -2.32. The van der Waals surface area contributed by atoms with Gasteiger partial charge in [0.25, 0.3) is 0 Å². The van der Waals surface area contributed by atoms with Crippen LogP contribution in [0.5, 0.6) is 0 Å². The number of hydrogen-bond donors (Lipinski definition) is 1. The van der Waals surface area contributed by atoms with Gasteiger partial charge in [0, 0.05) is 43.4 Å². The van der Waals surface area contributed by atoms with Crippen molar-refractivity contribution in [2.24, 2.45) is 11.3 Å². The number of benzene rings is 1. The first-order chi connectivity index (χ1) is 13.1. The van der Waals surface area contributed by atoms with Crippen LogP contribution in [-0.2, 0) is 22.6 Å². The summed E-state index contributed by atoms with van der Waals surface area (Å²) in [5, 5.41) is 3.02. The van der Waals surface area contributed by atoms with E-state index in [1.165, 1.54) is 5.56 Å². The highest BCUT2D eigenvalue weighted by molar-refractivity contribution is 5.84. The number of nitrogens with one attached hydrogen (secondary N) is 1. The number of likely N-dealkylation sites (tertiary alicyclic amines) is 1. The van der Waals surface area contributed by atoms with E-state index in [4.69, 9.17) is 0 Å². The fourth-order valence-corrected chi connectivity index (χ4v) is 4.09. The predicted octanol–water partition coefficient (Wildman–Crippen LogP) is 2.49. The molecule has 2 aliphatic rings. The lowest BCUT2D eigenvalue weighted by atomic mass is 10.0. The third-order valence-electron chi connectivity index (χ3n) is 5.91. The summed E-state index contributed by atoms with van der Waals surface area (Å²) in [5.41, 5.74) is 3.25. The summed E-state index contributed by atoms with van der Waals surface area (Å²) < 4.78 is 0. The van der Waals surface area contributed by atoms with Crippen molar-refractivity contribution in [2.45, 2.75) is 32.7 Å². The number of nitrogens with zero attached hydrogens (tertiary/aromatic N) is 2. The van der Waals surface area contributed by atoms with Gasteiger partial charge in [-0.3, -0.25) is 14.6 Å². The lowest BCUT2D eigenvalue weighted by molar-refractivity contribution is -0.130. The molecule has 2 amide bonds. The zero-order valence-electron chi connectivity index (χ0n) is 15.6. The number of pyridine rings is 1. The van der Waals surface area contributed by atoms with Crippen LogP contribution < -0.4 is 5.32 Å². The van der Waals surface area contributed by atoms with Gasteiger partial charge in [-0.1, -0.05) is 35.9 Å². The molecule has 5 heteroatoms. The Labute approximate surface area is 159 Å². The molecule has 2 atom stereocenters. The van der Waals surface area contributed by atoms with Gasteiger partial charge >= 0.3 is 0 Å². The second-order valence-corrected chi connectivity index (χ2v) is 7.93. The van der Waals surface area contributed by atoms with Crippen LogP contribution in [0.15, 0.2) is 48.8 Å². The molecule has 1 aromatic heterocycles. The number of rotatable bonds is 5. The van der Waals surface area contributed by atoms with Crippen LogP contribution in [0, 0.1) is 18.3 Å². The molecule has 0 radical (unpaired) electrons. The topological polar surface area (TPSA) is 62.3 Å². The molecule has 4 rings (SSSR count). The molecule has 1 aliphatic heterocycles. The van der Waals surface area contributed by atoms with Crippen LogP contribution in [0.3, 0.4) is 0 Å². The SMILES string of the molecule is Cc1ccc(CC(=O)N2CCC3(CC3C(=O)NCc3cccnc3)C2)cc1. The van der Waals surface area contributed by atoms with Gasteiger partial charge in [-0.15, -0.1) is 0 Å². The van der Waals surface area contributed by atoms with Crippen molar-refractivity contribution in [1.82, 2.24) is 15.2 Å². The molecule has 0 bridgehead atoms. The third kappa shape index (κ3) is 3.87. The first-order valence-electron chi connectivity index (χ1n) is 9.56. The molecule has 1 N–H and O–H groups in total. The molecular formula is C22H25N3O2. The van der Waals surface area contributed by atoms with E-state index in [-0.39, 0.29) is 23.1 Å². The van der Waals surface area contributed by atoms with Gasteiger partial charge in [-0.25, -0.2) is 0 Å². The number of aromatic nitrogens is 1. The molecule has 1 saturated carbocycles. The monoisotopic (exact) mass is 363 g/mol. The van der Waals surface area contributed by atoms with Gasteiger partial charge in [0.1, 0.15) is 0 Å². The largest absolute Gasteiger partial charge is 0.352 e. The average Bonchev–Trinajstić information content (AvgIpc) is 3.22. The molecular weight excluding hydrogens is 338 g/mol. The van der Waals surface area contributed by atoms with Crippen LogP contribution in [0.2, 0.25) is 0 Å². The number of amides is 2.